The predicted molar refractivity (Wildman–Crippen MR) is 115 cm³/mol. The van der Waals surface area contributed by atoms with Gasteiger partial charge in [0.2, 0.25) is 11.8 Å². The Kier molecular flexibility index (Phi) is 6.65. The first kappa shape index (κ1) is 21.5. The molecule has 8 heteroatoms. The highest BCUT2D eigenvalue weighted by Gasteiger charge is 2.32. The summed E-state index contributed by atoms with van der Waals surface area (Å²) in [5.74, 6) is -0.556. The molecular formula is C23H30FN5O2. The smallest absolute Gasteiger partial charge is 0.237 e. The molecule has 0 spiro atoms. The number of nitrogens with one attached hydrogen (secondary N) is 2. The molecular weight excluding hydrogens is 397 g/mol. The van der Waals surface area contributed by atoms with Gasteiger partial charge in [-0.15, -0.1) is 0 Å². The molecule has 1 aliphatic heterocycles. The lowest BCUT2D eigenvalue weighted by Crippen LogP contribution is -2.56. The van der Waals surface area contributed by atoms with Crippen LogP contribution in [0.5, 0.6) is 0 Å². The number of piperazine rings is 1. The van der Waals surface area contributed by atoms with Gasteiger partial charge >= 0.3 is 0 Å². The van der Waals surface area contributed by atoms with Gasteiger partial charge in [0.1, 0.15) is 5.82 Å². The normalized spacial score (nSPS) is 19.4. The van der Waals surface area contributed by atoms with E-state index in [0.717, 1.165) is 30.5 Å². The van der Waals surface area contributed by atoms with E-state index in [0.29, 0.717) is 26.2 Å². The molecule has 1 fully saturated rings. The number of aromatic amines is 1. The fraction of sp³-hybridized carbons (Fsp3) is 0.522. The molecule has 2 heterocycles. The van der Waals surface area contributed by atoms with Crippen LogP contribution in [0.15, 0.2) is 24.3 Å². The Morgan fingerprint density at radius 1 is 1.29 bits per heavy atom. The summed E-state index contributed by atoms with van der Waals surface area (Å²) < 4.78 is 13.6. The second-order valence-corrected chi connectivity index (χ2v) is 8.55. The first-order valence-corrected chi connectivity index (χ1v) is 11.1. The summed E-state index contributed by atoms with van der Waals surface area (Å²) in [5.41, 5.74) is 4.17. The minimum Gasteiger partial charge on any atom is -0.353 e. The number of hydrogen-bond donors (Lipinski definition) is 2. The summed E-state index contributed by atoms with van der Waals surface area (Å²) >= 11 is 0. The lowest BCUT2D eigenvalue weighted by atomic mass is 10.1. The van der Waals surface area contributed by atoms with Crippen molar-refractivity contribution in [1.29, 1.82) is 0 Å². The van der Waals surface area contributed by atoms with E-state index in [1.54, 1.807) is 18.0 Å². The van der Waals surface area contributed by atoms with Crippen molar-refractivity contribution in [3.8, 4) is 0 Å². The van der Waals surface area contributed by atoms with Gasteiger partial charge in [0.15, 0.2) is 0 Å². The van der Waals surface area contributed by atoms with Crippen LogP contribution in [0, 0.1) is 5.82 Å². The molecule has 2 N–H and O–H groups in total. The molecule has 0 saturated carbocycles. The summed E-state index contributed by atoms with van der Waals surface area (Å²) in [6.07, 6.45) is 5.63. The predicted octanol–water partition coefficient (Wildman–Crippen LogP) is 2.17. The summed E-state index contributed by atoms with van der Waals surface area (Å²) in [7, 11) is 1.76. The maximum absolute atomic E-state index is 13.6. The average Bonchev–Trinajstić information content (AvgIpc) is 2.96. The number of nitrogens with zero attached hydrogens (tertiary/aromatic N) is 3. The van der Waals surface area contributed by atoms with E-state index in [4.69, 9.17) is 0 Å². The minimum atomic E-state index is -0.566. The van der Waals surface area contributed by atoms with Crippen molar-refractivity contribution >= 4 is 11.8 Å². The van der Waals surface area contributed by atoms with E-state index in [1.807, 2.05) is 11.0 Å². The number of carbonyl (C=O) groups is 2. The first-order valence-electron chi connectivity index (χ1n) is 11.1. The molecule has 1 aromatic carbocycles. The van der Waals surface area contributed by atoms with Gasteiger partial charge in [0.25, 0.3) is 0 Å². The number of carbonyl (C=O) groups excluding carboxylic acids is 2. The van der Waals surface area contributed by atoms with Crippen molar-refractivity contribution in [2.75, 3.05) is 20.1 Å². The van der Waals surface area contributed by atoms with Crippen molar-refractivity contribution in [2.45, 2.75) is 57.7 Å². The third-order valence-electron chi connectivity index (χ3n) is 6.29. The monoisotopic (exact) mass is 427 g/mol. The molecule has 0 unspecified atom stereocenters. The number of H-pyrrole nitrogens is 1. The van der Waals surface area contributed by atoms with Gasteiger partial charge in [-0.25, -0.2) is 4.39 Å². The SMILES string of the molecule is CN(Cc1n[nH]c2c1CCCCC2)C(=O)C[C@@H]1C(=O)NCCN1Cc1cccc(F)c1. The summed E-state index contributed by atoms with van der Waals surface area (Å²) in [4.78, 5) is 29.2. The Labute approximate surface area is 182 Å². The fourth-order valence-corrected chi connectivity index (χ4v) is 4.53. The van der Waals surface area contributed by atoms with E-state index < -0.39 is 6.04 Å². The average molecular weight is 428 g/mol. The van der Waals surface area contributed by atoms with E-state index >= 15 is 0 Å². The van der Waals surface area contributed by atoms with Crippen LogP contribution in [0.1, 0.15) is 48.2 Å². The Morgan fingerprint density at radius 2 is 2.13 bits per heavy atom. The van der Waals surface area contributed by atoms with Crippen molar-refractivity contribution < 1.29 is 14.0 Å². The van der Waals surface area contributed by atoms with Crippen molar-refractivity contribution in [2.24, 2.45) is 0 Å². The molecule has 0 radical (unpaired) electrons. The van der Waals surface area contributed by atoms with E-state index in [2.05, 4.69) is 15.5 Å². The van der Waals surface area contributed by atoms with E-state index in [1.165, 1.54) is 36.2 Å². The number of aromatic nitrogens is 2. The fourth-order valence-electron chi connectivity index (χ4n) is 4.53. The highest BCUT2D eigenvalue weighted by atomic mass is 19.1. The first-order chi connectivity index (χ1) is 15.0. The van der Waals surface area contributed by atoms with Gasteiger partial charge in [0.05, 0.1) is 24.7 Å². The van der Waals surface area contributed by atoms with Gasteiger partial charge in [-0.3, -0.25) is 19.6 Å². The summed E-state index contributed by atoms with van der Waals surface area (Å²) in [6.45, 7) is 2.01. The lowest BCUT2D eigenvalue weighted by Gasteiger charge is -2.35. The number of aryl methyl sites for hydroxylation is 1. The second kappa shape index (κ2) is 9.60. The van der Waals surface area contributed by atoms with Crippen LogP contribution in [0.3, 0.4) is 0 Å². The molecule has 166 valence electrons. The standard InChI is InChI=1S/C23H30FN5O2/c1-28(15-20-18-8-3-2-4-9-19(18)26-27-20)22(30)13-21-23(31)25-10-11-29(21)14-16-6-5-7-17(24)12-16/h5-7,12,21H,2-4,8-11,13-15H2,1H3,(H,25,31)(H,26,27)/t21-/m1/s1. The van der Waals surface area contributed by atoms with Gasteiger partial charge in [-0.05, 0) is 48.9 Å². The highest BCUT2D eigenvalue weighted by Crippen LogP contribution is 2.23. The van der Waals surface area contributed by atoms with Crippen LogP contribution >= 0.6 is 0 Å². The van der Waals surface area contributed by atoms with Crippen LogP contribution < -0.4 is 5.32 Å². The van der Waals surface area contributed by atoms with Crippen LogP contribution in [0.25, 0.3) is 0 Å². The Balaban J connectivity index is 1.41. The molecule has 1 aliphatic carbocycles. The molecule has 0 bridgehead atoms. The van der Waals surface area contributed by atoms with Gasteiger partial charge in [-0.2, -0.15) is 5.10 Å². The van der Waals surface area contributed by atoms with Gasteiger partial charge < -0.3 is 10.2 Å². The van der Waals surface area contributed by atoms with Crippen molar-refractivity contribution in [1.82, 2.24) is 25.3 Å². The maximum atomic E-state index is 13.6. The number of amides is 2. The van der Waals surface area contributed by atoms with Crippen molar-refractivity contribution in [3.05, 3.63) is 52.6 Å². The molecule has 1 aromatic heterocycles. The van der Waals surface area contributed by atoms with Crippen LogP contribution in [0.2, 0.25) is 0 Å². The number of benzene rings is 1. The Bertz CT molecular complexity index is 944. The minimum absolute atomic E-state index is 0.0876. The number of rotatable bonds is 6. The number of fused-ring (bicyclic) bond motifs is 1. The van der Waals surface area contributed by atoms with E-state index in [9.17, 15) is 14.0 Å². The number of halogens is 1. The lowest BCUT2D eigenvalue weighted by molar-refractivity contribution is -0.138. The van der Waals surface area contributed by atoms with E-state index in [-0.39, 0.29) is 24.1 Å². The second-order valence-electron chi connectivity index (χ2n) is 8.55. The third kappa shape index (κ3) is 5.12. The quantitative estimate of drug-likeness (QED) is 0.693. The highest BCUT2D eigenvalue weighted by molar-refractivity contribution is 5.88. The molecule has 7 nitrogen and oxygen atoms in total. The zero-order chi connectivity index (χ0) is 21.8. The molecule has 2 amide bonds. The van der Waals surface area contributed by atoms with Crippen LogP contribution in [-0.2, 0) is 35.5 Å². The zero-order valence-electron chi connectivity index (χ0n) is 18.0. The maximum Gasteiger partial charge on any atom is 0.237 e. The van der Waals surface area contributed by atoms with Gasteiger partial charge in [0, 0.05) is 32.4 Å². The summed E-state index contributed by atoms with van der Waals surface area (Å²) in [6, 6.07) is 5.81. The largest absolute Gasteiger partial charge is 0.353 e. The third-order valence-corrected chi connectivity index (χ3v) is 6.29. The number of hydrogen-bond acceptors (Lipinski definition) is 4. The molecule has 31 heavy (non-hydrogen) atoms. The van der Waals surface area contributed by atoms with Crippen LogP contribution in [0.4, 0.5) is 4.39 Å². The Morgan fingerprint density at radius 3 is 2.97 bits per heavy atom. The van der Waals surface area contributed by atoms with Crippen LogP contribution in [-0.4, -0.2) is 58.0 Å². The van der Waals surface area contributed by atoms with Gasteiger partial charge in [-0.1, -0.05) is 18.6 Å². The molecule has 2 aliphatic rings. The Hall–Kier alpha value is -2.74. The molecule has 2 aromatic rings. The zero-order valence-corrected chi connectivity index (χ0v) is 18.0. The topological polar surface area (TPSA) is 81.3 Å². The summed E-state index contributed by atoms with van der Waals surface area (Å²) in [5, 5.41) is 10.5. The van der Waals surface area contributed by atoms with Crippen molar-refractivity contribution in [3.63, 3.8) is 0 Å². The molecule has 1 atom stereocenters. The molecule has 1 saturated heterocycles. The molecule has 4 rings (SSSR count).